The molecule has 224 valence electrons. The van der Waals surface area contributed by atoms with Crippen LogP contribution in [-0.2, 0) is 14.6 Å². The van der Waals surface area contributed by atoms with Gasteiger partial charge in [0.25, 0.3) is 0 Å². The third kappa shape index (κ3) is 8.84. The molecule has 1 aromatic heterocycles. The molecule has 1 fully saturated rings. The Morgan fingerprint density at radius 3 is 2.36 bits per heavy atom. The molecule has 2 aromatic rings. The molecule has 1 saturated heterocycles. The lowest BCUT2D eigenvalue weighted by atomic mass is 10.1. The Labute approximate surface area is 249 Å². The number of likely N-dealkylation sites (tertiary alicyclic amines) is 1. The summed E-state index contributed by atoms with van der Waals surface area (Å²) in [4.78, 5) is 32.6. The molecule has 9 nitrogen and oxygen atoms in total. The highest BCUT2D eigenvalue weighted by Gasteiger charge is 2.26. The van der Waals surface area contributed by atoms with Crippen LogP contribution in [0.3, 0.4) is 0 Å². The van der Waals surface area contributed by atoms with E-state index in [0.29, 0.717) is 41.0 Å². The summed E-state index contributed by atoms with van der Waals surface area (Å²) in [5, 5.41) is 13.2. The van der Waals surface area contributed by atoms with E-state index < -0.39 is 9.84 Å². The van der Waals surface area contributed by atoms with Crippen LogP contribution in [0.25, 0.3) is 11.8 Å². The standard InChI is InChI=1S/C32H41N5O4S/c1-23(2)22-42(40,41)18-15-35-30(39)14-9-24(3)19-28-32(34-5)31(29(38)21-36-16-7-6-8-17-36)25(4)37(28)27-12-10-26(20-33)11-13-27/h10-13,19,22H,5-9,14-18,21H2,1-4H3,(H,35,39)/b24-19+. The Morgan fingerprint density at radius 2 is 1.76 bits per heavy atom. The Hall–Kier alpha value is -3.81. The van der Waals surface area contributed by atoms with Gasteiger partial charge in [0, 0.05) is 29.8 Å². The molecule has 1 aliphatic heterocycles. The lowest BCUT2D eigenvalue weighted by Crippen LogP contribution is -2.34. The van der Waals surface area contributed by atoms with Crippen LogP contribution in [0.2, 0.25) is 0 Å². The minimum absolute atomic E-state index is 0.0149. The average molecular weight is 592 g/mol. The van der Waals surface area contributed by atoms with E-state index in [4.69, 9.17) is 0 Å². The molecule has 1 amide bonds. The van der Waals surface area contributed by atoms with Gasteiger partial charge in [-0.05, 0) is 97.1 Å². The highest BCUT2D eigenvalue weighted by atomic mass is 32.2. The second-order valence-electron chi connectivity index (χ2n) is 11.0. The number of nitriles is 1. The smallest absolute Gasteiger partial charge is 0.220 e. The van der Waals surface area contributed by atoms with Crippen molar-refractivity contribution in [2.75, 3.05) is 31.9 Å². The Morgan fingerprint density at radius 1 is 1.10 bits per heavy atom. The van der Waals surface area contributed by atoms with Crippen LogP contribution in [-0.4, -0.2) is 68.2 Å². The van der Waals surface area contributed by atoms with Gasteiger partial charge >= 0.3 is 0 Å². The monoisotopic (exact) mass is 591 g/mol. The third-order valence-corrected chi connectivity index (χ3v) is 8.78. The first-order valence-electron chi connectivity index (χ1n) is 14.3. The first-order chi connectivity index (χ1) is 20.0. The number of aliphatic imine (C=N–C) groups is 1. The molecule has 0 aliphatic carbocycles. The second kappa shape index (κ2) is 14.9. The van der Waals surface area contributed by atoms with Crippen molar-refractivity contribution in [3.8, 4) is 11.8 Å². The summed E-state index contributed by atoms with van der Waals surface area (Å²) in [6, 6.07) is 9.26. The molecule has 0 unspecified atom stereocenters. The number of benzene rings is 1. The van der Waals surface area contributed by atoms with Crippen molar-refractivity contribution >= 4 is 40.0 Å². The molecule has 0 radical (unpaired) electrons. The number of allylic oxidation sites excluding steroid dienone is 2. The maximum Gasteiger partial charge on any atom is 0.220 e. The number of aromatic nitrogens is 1. The summed E-state index contributed by atoms with van der Waals surface area (Å²) in [5.74, 6) is -0.411. The van der Waals surface area contributed by atoms with Gasteiger partial charge in [-0.1, -0.05) is 17.6 Å². The number of Topliss-reactive ketones (excluding diaryl/α,β-unsaturated/α-hetero) is 1. The fourth-order valence-electron chi connectivity index (χ4n) is 5.20. The van der Waals surface area contributed by atoms with Crippen molar-refractivity contribution in [2.24, 2.45) is 4.99 Å². The van der Waals surface area contributed by atoms with Crippen LogP contribution in [0.4, 0.5) is 5.69 Å². The number of rotatable bonds is 13. The summed E-state index contributed by atoms with van der Waals surface area (Å²) >= 11 is 0. The molecule has 42 heavy (non-hydrogen) atoms. The van der Waals surface area contributed by atoms with Crippen LogP contribution in [0.15, 0.2) is 45.8 Å². The molecule has 1 N–H and O–H groups in total. The lowest BCUT2D eigenvalue weighted by molar-refractivity contribution is -0.120. The van der Waals surface area contributed by atoms with Crippen LogP contribution in [0.1, 0.15) is 80.2 Å². The summed E-state index contributed by atoms with van der Waals surface area (Å²) in [5.41, 5.74) is 5.31. The van der Waals surface area contributed by atoms with E-state index in [9.17, 15) is 23.3 Å². The zero-order chi connectivity index (χ0) is 30.9. The zero-order valence-electron chi connectivity index (χ0n) is 25.1. The number of carbonyl (C=O) groups is 2. The molecule has 2 heterocycles. The molecule has 1 aliphatic rings. The number of amides is 1. The van der Waals surface area contributed by atoms with Gasteiger partial charge in [0.2, 0.25) is 5.91 Å². The van der Waals surface area contributed by atoms with Crippen molar-refractivity contribution in [3.05, 3.63) is 63.3 Å². The fourth-order valence-corrected chi connectivity index (χ4v) is 6.42. The van der Waals surface area contributed by atoms with Crippen molar-refractivity contribution in [2.45, 2.75) is 59.8 Å². The fraction of sp³-hybridized carbons (Fsp3) is 0.438. The van der Waals surface area contributed by atoms with Crippen LogP contribution in [0, 0.1) is 18.3 Å². The van der Waals surface area contributed by atoms with E-state index in [1.165, 1.54) is 11.8 Å². The van der Waals surface area contributed by atoms with Crippen LogP contribution < -0.4 is 5.32 Å². The summed E-state index contributed by atoms with van der Waals surface area (Å²) < 4.78 is 26.0. The van der Waals surface area contributed by atoms with Gasteiger partial charge in [0.05, 0.1) is 40.9 Å². The highest BCUT2D eigenvalue weighted by molar-refractivity contribution is 7.94. The number of sulfone groups is 1. The average Bonchev–Trinajstić information content (AvgIpc) is 3.22. The van der Waals surface area contributed by atoms with Gasteiger partial charge in [0.15, 0.2) is 15.6 Å². The molecule has 10 heteroatoms. The van der Waals surface area contributed by atoms with E-state index in [0.717, 1.165) is 42.9 Å². The highest BCUT2D eigenvalue weighted by Crippen LogP contribution is 2.36. The zero-order valence-corrected chi connectivity index (χ0v) is 25.9. The van der Waals surface area contributed by atoms with Crippen LogP contribution >= 0.6 is 0 Å². The van der Waals surface area contributed by atoms with E-state index in [-0.39, 0.29) is 30.4 Å². The predicted octanol–water partition coefficient (Wildman–Crippen LogP) is 5.30. The maximum atomic E-state index is 13.6. The second-order valence-corrected chi connectivity index (χ2v) is 13.0. The normalized spacial score (nSPS) is 14.2. The van der Waals surface area contributed by atoms with Crippen molar-refractivity contribution in [3.63, 3.8) is 0 Å². The first kappa shape index (κ1) is 32.7. The number of ketones is 1. The number of piperidine rings is 1. The minimum Gasteiger partial charge on any atom is -0.355 e. The van der Waals surface area contributed by atoms with Crippen molar-refractivity contribution in [1.29, 1.82) is 5.26 Å². The van der Waals surface area contributed by atoms with Gasteiger partial charge in [-0.25, -0.2) is 8.42 Å². The SMILES string of the molecule is C=Nc1c(C(=O)CN2CCCCC2)c(C)n(-c2ccc(C#N)cc2)c1/C=C(\C)CCC(=O)NCCS(=O)(=O)C=C(C)C. The van der Waals surface area contributed by atoms with E-state index >= 15 is 0 Å². The molecule has 1 aromatic carbocycles. The molecule has 0 spiro atoms. The van der Waals surface area contributed by atoms with Crippen molar-refractivity contribution in [1.82, 2.24) is 14.8 Å². The molecular weight excluding hydrogens is 550 g/mol. The third-order valence-electron chi connectivity index (χ3n) is 7.18. The topological polar surface area (TPSA) is 125 Å². The lowest BCUT2D eigenvalue weighted by Gasteiger charge is -2.25. The molecule has 0 bridgehead atoms. The van der Waals surface area contributed by atoms with Gasteiger partial charge in [-0.3, -0.25) is 19.5 Å². The molecular formula is C32H41N5O4S. The quantitative estimate of drug-likeness (QED) is 0.249. The predicted molar refractivity (Wildman–Crippen MR) is 168 cm³/mol. The summed E-state index contributed by atoms with van der Waals surface area (Å²) in [6.07, 6.45) is 5.87. The van der Waals surface area contributed by atoms with Gasteiger partial charge in [-0.2, -0.15) is 5.26 Å². The van der Waals surface area contributed by atoms with Gasteiger partial charge in [0.1, 0.15) is 0 Å². The number of nitrogens with one attached hydrogen (secondary N) is 1. The van der Waals surface area contributed by atoms with E-state index in [1.54, 1.807) is 26.0 Å². The molecule has 3 rings (SSSR count). The number of nitrogens with zero attached hydrogens (tertiary/aromatic N) is 4. The first-order valence-corrected chi connectivity index (χ1v) is 16.0. The summed E-state index contributed by atoms with van der Waals surface area (Å²) in [7, 11) is -3.37. The van der Waals surface area contributed by atoms with Crippen molar-refractivity contribution < 1.29 is 18.0 Å². The number of hydrogen-bond donors (Lipinski definition) is 1. The molecule has 0 atom stereocenters. The minimum atomic E-state index is -3.37. The molecule has 0 saturated carbocycles. The van der Waals surface area contributed by atoms with E-state index in [1.807, 2.05) is 36.6 Å². The van der Waals surface area contributed by atoms with Gasteiger partial charge < -0.3 is 9.88 Å². The number of carbonyl (C=O) groups excluding carboxylic acids is 2. The Bertz CT molecular complexity index is 1520. The van der Waals surface area contributed by atoms with Gasteiger partial charge in [-0.15, -0.1) is 0 Å². The largest absolute Gasteiger partial charge is 0.355 e. The van der Waals surface area contributed by atoms with Crippen LogP contribution in [0.5, 0.6) is 0 Å². The van der Waals surface area contributed by atoms with E-state index in [2.05, 4.69) is 28.0 Å². The Balaban J connectivity index is 1.87. The Kier molecular flexibility index (Phi) is 11.6. The summed E-state index contributed by atoms with van der Waals surface area (Å²) in [6.45, 7) is 13.2. The maximum absolute atomic E-state index is 13.6. The number of hydrogen-bond acceptors (Lipinski definition) is 7.